The summed E-state index contributed by atoms with van der Waals surface area (Å²) in [7, 11) is 8.42. The van der Waals surface area contributed by atoms with E-state index >= 15 is 0 Å². The molecule has 14 heterocycles. The van der Waals surface area contributed by atoms with Crippen molar-refractivity contribution in [3.05, 3.63) is 0 Å². The average molecular weight is 2010 g/mol. The third-order valence-electron chi connectivity index (χ3n) is 33.9. The lowest BCUT2D eigenvalue weighted by atomic mass is 9.78. The Morgan fingerprint density at radius 3 is 0.746 bits per heavy atom. The van der Waals surface area contributed by atoms with Crippen molar-refractivity contribution in [2.24, 2.45) is 71.0 Å². The number of likely N-dealkylation sites (N-methyl/N-ethyl adjacent to an activating group) is 4. The highest BCUT2D eigenvalue weighted by atomic mass is 16.5. The van der Waals surface area contributed by atoms with E-state index in [1.807, 2.05) is 0 Å². The second kappa shape index (κ2) is 77.4. The van der Waals surface area contributed by atoms with Crippen molar-refractivity contribution in [2.45, 2.75) is 265 Å². The molecule has 24 nitrogen and oxygen atoms in total. The summed E-state index contributed by atoms with van der Waals surface area (Å²) < 4.78 is 22.2. The molecule has 14 rings (SSSR count). The number of hydrogen-bond donors (Lipinski definition) is 0. The number of rotatable bonds is 46. The molecule has 0 aromatic carbocycles. The van der Waals surface area contributed by atoms with Gasteiger partial charge in [0, 0.05) is 263 Å². The van der Waals surface area contributed by atoms with Crippen molar-refractivity contribution in [1.82, 2.24) is 98.0 Å². The van der Waals surface area contributed by atoms with Gasteiger partial charge >= 0.3 is 0 Å². The molecule has 142 heavy (non-hydrogen) atoms. The molecule has 0 radical (unpaired) electrons. The van der Waals surface area contributed by atoms with Gasteiger partial charge in [0.05, 0.1) is 25.4 Å². The lowest BCUT2D eigenvalue weighted by Crippen LogP contribution is -2.51. The normalized spacial score (nSPS) is 23.9. The van der Waals surface area contributed by atoms with Gasteiger partial charge in [0.25, 0.3) is 0 Å². The number of likely N-dealkylation sites (tertiary alicyclic amines) is 8. The molecule has 0 N–H and O–H groups in total. The van der Waals surface area contributed by atoms with E-state index in [4.69, 9.17) is 18.9 Å². The molecule has 0 saturated carbocycles. The molecule has 0 aromatic rings. The maximum Gasteiger partial charge on any atom is 0.0828 e. The molecule has 0 unspecified atom stereocenters. The van der Waals surface area contributed by atoms with Crippen molar-refractivity contribution in [1.29, 1.82) is 0 Å². The molecule has 14 fully saturated rings. The predicted octanol–water partition coefficient (Wildman–Crippen LogP) is 15.0. The van der Waals surface area contributed by atoms with Crippen LogP contribution < -0.4 is 0 Å². The van der Waals surface area contributed by atoms with Crippen LogP contribution in [-0.2, 0) is 18.9 Å². The van der Waals surface area contributed by atoms with E-state index in [0.717, 1.165) is 143 Å². The summed E-state index contributed by atoms with van der Waals surface area (Å²) in [5.41, 5.74) is 0. The summed E-state index contributed by atoms with van der Waals surface area (Å²) in [6.07, 6.45) is 28.8. The zero-order valence-electron chi connectivity index (χ0n) is 98.6. The zero-order valence-corrected chi connectivity index (χ0v) is 98.6. The summed E-state index contributed by atoms with van der Waals surface area (Å²) in [6.45, 7) is 118. The van der Waals surface area contributed by atoms with Gasteiger partial charge in [-0.1, -0.05) is 118 Å². The molecule has 0 aliphatic carbocycles. The Bertz CT molecular complexity index is 2830. The maximum atomic E-state index is 5.92. The molecule has 14 aliphatic heterocycles. The van der Waals surface area contributed by atoms with Crippen LogP contribution in [-0.4, -0.2) is 545 Å². The summed E-state index contributed by atoms with van der Waals surface area (Å²) >= 11 is 0. The first-order valence-electron chi connectivity index (χ1n) is 61.3. The average Bonchev–Trinajstić information content (AvgIpc) is 0.856. The van der Waals surface area contributed by atoms with E-state index in [1.54, 1.807) is 7.11 Å². The zero-order chi connectivity index (χ0) is 102. The van der Waals surface area contributed by atoms with Crippen LogP contribution >= 0.6 is 0 Å². The number of piperidine rings is 6. The van der Waals surface area contributed by atoms with Gasteiger partial charge in [0.1, 0.15) is 0 Å². The molecule has 0 atom stereocenters. The standard InChI is InChI=1S/C17H36N4.C17H34N2O.C16H34N4.C16H32N2O.C16H32N2.C15H30N2.C11H24N2O.C10H22N2O/c1-4-18-8-10-19(11-9-18)6-5-7-20-12-14-21(15-13-20)16-17(2)3;1-4-18-13-17(14-18)20-11-5-6-16-7-9-19(10-8-16)12-15(2)3;1-16(2)15-20-13-11-19(12-14-20)6-4-5-18-9-7-17(3)8-10-18;1-14(2)11-18-8-6-15(7-9-18)5-4-10-19-16-12-17(3)13-16;1-4-17-9-5-15(6-10-17)16-7-11-18(12-8-16)13-14(2)3;1-13(2)12-17-10-6-15(7-11-17)14-4-8-16(3)9-5-14;1-3-5-12-6-8-13(9-7-12)10-11-14-4-2;1-3-4-11-5-7-12(8-6-11)9-10-13-2/h17H,4-16H2,1-3H3;15-17H,4-14H2,1-3H3;16H,4-15H2,1-3H3;14-16H,4-13H2,1-3H3;14-16H,4-13H2,1-3H3;13-15H,4-12H2,1-3H3;3-11H2,1-2H3;3-10H2,1-2H3. The third-order valence-corrected chi connectivity index (χ3v) is 33.9. The highest BCUT2D eigenvalue weighted by molar-refractivity contribution is 4.88. The second-order valence-corrected chi connectivity index (χ2v) is 49.4. The Balaban J connectivity index is 0.000000221. The molecule has 0 bridgehead atoms. The Morgan fingerprint density at radius 2 is 0.458 bits per heavy atom. The van der Waals surface area contributed by atoms with Crippen LogP contribution in [0.4, 0.5) is 0 Å². The number of methoxy groups -OCH3 is 1. The minimum Gasteiger partial charge on any atom is -0.383 e. The Labute approximate surface area is 882 Å². The van der Waals surface area contributed by atoms with Crippen LogP contribution in [0, 0.1) is 71.0 Å². The molecule has 0 aromatic heterocycles. The highest BCUT2D eigenvalue weighted by Gasteiger charge is 2.34. The van der Waals surface area contributed by atoms with Gasteiger partial charge in [-0.05, 0) is 365 Å². The molecule has 0 spiro atoms. The summed E-state index contributed by atoms with van der Waals surface area (Å²) in [5, 5.41) is 0. The number of piperazine rings is 6. The van der Waals surface area contributed by atoms with E-state index in [9.17, 15) is 0 Å². The lowest BCUT2D eigenvalue weighted by Gasteiger charge is -2.40. The monoisotopic (exact) mass is 2010 g/mol. The first-order valence-corrected chi connectivity index (χ1v) is 61.3. The van der Waals surface area contributed by atoms with E-state index < -0.39 is 0 Å². The van der Waals surface area contributed by atoms with Crippen LogP contribution in [0.1, 0.15) is 253 Å². The van der Waals surface area contributed by atoms with Crippen molar-refractivity contribution >= 4 is 0 Å². The molecular weight excluding hydrogens is 1760 g/mol. The lowest BCUT2D eigenvalue weighted by molar-refractivity contribution is -0.0539. The van der Waals surface area contributed by atoms with Gasteiger partial charge in [-0.25, -0.2) is 0 Å². The molecule has 14 aliphatic rings. The minimum atomic E-state index is 0.526. The van der Waals surface area contributed by atoms with E-state index in [0.29, 0.717) is 12.2 Å². The first kappa shape index (κ1) is 128. The smallest absolute Gasteiger partial charge is 0.0828 e. The third kappa shape index (κ3) is 57.8. The topological polar surface area (TPSA) is 102 Å². The predicted molar refractivity (Wildman–Crippen MR) is 610 cm³/mol. The SMILES string of the molecule is CC(C)CN1CCC(C2CCN(C)CC2)CC1.CC(C)CN1CCC(CCCOC2CN(C)C2)CC1.CC(C)CN1CCN(CCCN2CCN(C)CC2)CC1.CCCN1CCN(CCOC)CC1.CCCN1CCN(CCOCC)CC1.CCN1CC(OCCCC2CCN(CC(C)C)CC2)C1.CCN1CCC(C2CCN(CC(C)C)CC2)CC1.CCN1CCN(CCCN2CCN(CC(C)C)CC2)CC1. The van der Waals surface area contributed by atoms with Crippen molar-refractivity contribution in [2.75, 3.05) is 434 Å². The largest absolute Gasteiger partial charge is 0.383 e. The second-order valence-electron chi connectivity index (χ2n) is 49.4. The first-order chi connectivity index (χ1) is 68.7. The van der Waals surface area contributed by atoms with E-state index in [1.165, 1.54) is 462 Å². The quantitative estimate of drug-likeness (QED) is 0.0540. The number of nitrogens with zero attached hydrogens (tertiary/aromatic N) is 20. The van der Waals surface area contributed by atoms with Gasteiger partial charge in [-0.15, -0.1) is 0 Å². The number of ether oxygens (including phenoxy) is 4. The van der Waals surface area contributed by atoms with Gasteiger partial charge in [-0.2, -0.15) is 0 Å². The molecule has 0 amide bonds. The molecular formula is C118H244N20O4. The molecule has 24 heteroatoms. The summed E-state index contributed by atoms with van der Waals surface area (Å²) in [4.78, 5) is 51.5. The van der Waals surface area contributed by atoms with Crippen molar-refractivity contribution < 1.29 is 18.9 Å². The highest BCUT2D eigenvalue weighted by Crippen LogP contribution is 2.35. The fraction of sp³-hybridized carbons (Fsp3) is 1.00. The van der Waals surface area contributed by atoms with Gasteiger partial charge in [0.2, 0.25) is 0 Å². The Kier molecular flexibility index (Phi) is 69.7. The van der Waals surface area contributed by atoms with Gasteiger partial charge in [-0.3, -0.25) is 14.7 Å². The maximum absolute atomic E-state index is 5.92. The van der Waals surface area contributed by atoms with E-state index in [-0.39, 0.29) is 0 Å². The summed E-state index contributed by atoms with van der Waals surface area (Å²) in [6, 6.07) is 0. The van der Waals surface area contributed by atoms with E-state index in [2.05, 4.69) is 244 Å². The van der Waals surface area contributed by atoms with Crippen LogP contribution in [0.25, 0.3) is 0 Å². The van der Waals surface area contributed by atoms with Crippen LogP contribution in [0.15, 0.2) is 0 Å². The Hall–Kier alpha value is -0.960. The fourth-order valence-electron chi connectivity index (χ4n) is 24.8. The van der Waals surface area contributed by atoms with Crippen molar-refractivity contribution in [3.63, 3.8) is 0 Å². The Morgan fingerprint density at radius 1 is 0.218 bits per heavy atom. The minimum absolute atomic E-state index is 0.526. The molecule has 14 saturated heterocycles. The van der Waals surface area contributed by atoms with Crippen LogP contribution in [0.5, 0.6) is 0 Å². The summed E-state index contributed by atoms with van der Waals surface area (Å²) in [5.74, 6) is 10.9. The van der Waals surface area contributed by atoms with Crippen LogP contribution in [0.2, 0.25) is 0 Å². The fourth-order valence-corrected chi connectivity index (χ4v) is 24.8. The molecule has 840 valence electrons. The van der Waals surface area contributed by atoms with Crippen LogP contribution in [0.3, 0.4) is 0 Å². The van der Waals surface area contributed by atoms with Crippen molar-refractivity contribution in [3.8, 4) is 0 Å². The van der Waals surface area contributed by atoms with Gasteiger partial charge in [0.15, 0.2) is 0 Å². The number of hydrogen-bond acceptors (Lipinski definition) is 24. The van der Waals surface area contributed by atoms with Gasteiger partial charge < -0.3 is 102 Å².